The molecule has 1 aromatic heterocycles. The monoisotopic (exact) mass is 395 g/mol. The first-order valence-electron chi connectivity index (χ1n) is 9.14. The number of hydrogen-bond donors (Lipinski definition) is 2. The number of carbonyl (C=O) groups is 2. The van der Waals surface area contributed by atoms with Gasteiger partial charge in [0.1, 0.15) is 12.4 Å². The van der Waals surface area contributed by atoms with E-state index in [-0.39, 0.29) is 36.4 Å². The molecule has 150 valence electrons. The van der Waals surface area contributed by atoms with Crippen molar-refractivity contribution in [3.8, 4) is 0 Å². The molecule has 8 heteroatoms. The lowest BCUT2D eigenvalue weighted by atomic mass is 10.1. The van der Waals surface area contributed by atoms with Gasteiger partial charge in [0.15, 0.2) is 5.69 Å². The van der Waals surface area contributed by atoms with E-state index in [0.717, 1.165) is 22.4 Å². The highest BCUT2D eigenvalue weighted by molar-refractivity contribution is 6.04. The normalized spacial score (nSPS) is 10.6. The van der Waals surface area contributed by atoms with Gasteiger partial charge < -0.3 is 10.6 Å². The zero-order valence-corrected chi connectivity index (χ0v) is 16.5. The molecule has 0 saturated carbocycles. The summed E-state index contributed by atoms with van der Waals surface area (Å²) >= 11 is 0. The van der Waals surface area contributed by atoms with Crippen molar-refractivity contribution in [3.63, 3.8) is 0 Å². The van der Waals surface area contributed by atoms with Crippen molar-refractivity contribution in [3.05, 3.63) is 76.4 Å². The van der Waals surface area contributed by atoms with Crippen LogP contribution in [0.2, 0.25) is 0 Å². The summed E-state index contributed by atoms with van der Waals surface area (Å²) in [6, 6.07) is 11.6. The Bertz CT molecular complexity index is 1020. The third kappa shape index (κ3) is 4.84. The van der Waals surface area contributed by atoms with Crippen molar-refractivity contribution < 1.29 is 14.0 Å². The van der Waals surface area contributed by atoms with Crippen molar-refractivity contribution in [2.75, 3.05) is 5.32 Å². The maximum absolute atomic E-state index is 12.9. The van der Waals surface area contributed by atoms with Gasteiger partial charge in [-0.1, -0.05) is 35.5 Å². The van der Waals surface area contributed by atoms with E-state index < -0.39 is 0 Å². The fraction of sp³-hybridized carbons (Fsp3) is 0.238. The predicted octanol–water partition coefficient (Wildman–Crippen LogP) is 2.91. The van der Waals surface area contributed by atoms with Crippen LogP contribution in [-0.4, -0.2) is 26.8 Å². The van der Waals surface area contributed by atoms with Crippen LogP contribution >= 0.6 is 0 Å². The van der Waals surface area contributed by atoms with Crippen LogP contribution in [0.4, 0.5) is 10.1 Å². The van der Waals surface area contributed by atoms with Crippen molar-refractivity contribution in [2.24, 2.45) is 0 Å². The van der Waals surface area contributed by atoms with Crippen LogP contribution < -0.4 is 10.6 Å². The molecule has 0 unspecified atom stereocenters. The molecule has 7 nitrogen and oxygen atoms in total. The van der Waals surface area contributed by atoms with Crippen molar-refractivity contribution in [2.45, 2.75) is 33.9 Å². The fourth-order valence-corrected chi connectivity index (χ4v) is 2.90. The highest BCUT2D eigenvalue weighted by Gasteiger charge is 2.19. The first kappa shape index (κ1) is 20.2. The molecule has 0 aliphatic rings. The molecule has 2 N–H and O–H groups in total. The lowest BCUT2D eigenvalue weighted by Gasteiger charge is -2.10. The minimum Gasteiger partial charge on any atom is -0.350 e. The smallest absolute Gasteiger partial charge is 0.278 e. The van der Waals surface area contributed by atoms with Crippen LogP contribution in [-0.2, 0) is 17.9 Å². The van der Waals surface area contributed by atoms with E-state index in [1.165, 1.54) is 16.8 Å². The topological polar surface area (TPSA) is 88.9 Å². The summed E-state index contributed by atoms with van der Waals surface area (Å²) in [5.74, 6) is -0.994. The lowest BCUT2D eigenvalue weighted by molar-refractivity contribution is -0.122. The molecule has 0 fully saturated rings. The zero-order chi connectivity index (χ0) is 21.0. The Hall–Kier alpha value is -3.55. The Morgan fingerprint density at radius 2 is 1.69 bits per heavy atom. The van der Waals surface area contributed by atoms with Crippen LogP contribution in [0.25, 0.3) is 0 Å². The standard InChI is InChI=1S/C21H22FN5O2/c1-13-5-4-6-14(2)19(13)24-21(29)20-15(3)27(26-25-20)12-18(28)23-11-16-7-9-17(22)10-8-16/h4-10H,11-12H2,1-3H3,(H,23,28)(H,24,29). The minimum absolute atomic E-state index is 0.0727. The van der Waals surface area contributed by atoms with Gasteiger partial charge in [-0.3, -0.25) is 9.59 Å². The van der Waals surface area contributed by atoms with E-state index in [2.05, 4.69) is 20.9 Å². The average Bonchev–Trinajstić information content (AvgIpc) is 3.04. The average molecular weight is 395 g/mol. The Morgan fingerprint density at radius 1 is 1.03 bits per heavy atom. The fourth-order valence-electron chi connectivity index (χ4n) is 2.90. The van der Waals surface area contributed by atoms with Crippen LogP contribution in [0.1, 0.15) is 32.9 Å². The van der Waals surface area contributed by atoms with Gasteiger partial charge in [-0.05, 0) is 49.6 Å². The summed E-state index contributed by atoms with van der Waals surface area (Å²) in [6.45, 7) is 5.71. The second-order valence-electron chi connectivity index (χ2n) is 6.81. The van der Waals surface area contributed by atoms with Gasteiger partial charge in [-0.2, -0.15) is 0 Å². The first-order valence-corrected chi connectivity index (χ1v) is 9.14. The summed E-state index contributed by atoms with van der Waals surface area (Å²) in [5, 5.41) is 13.5. The number of nitrogens with one attached hydrogen (secondary N) is 2. The third-order valence-corrected chi connectivity index (χ3v) is 4.61. The van der Waals surface area contributed by atoms with Gasteiger partial charge in [-0.15, -0.1) is 5.10 Å². The number of aromatic nitrogens is 3. The van der Waals surface area contributed by atoms with E-state index in [1.54, 1.807) is 19.1 Å². The van der Waals surface area contributed by atoms with Crippen LogP contribution in [0.3, 0.4) is 0 Å². The molecule has 0 aliphatic carbocycles. The SMILES string of the molecule is Cc1cccc(C)c1NC(=O)c1nnn(CC(=O)NCc2ccc(F)cc2)c1C. The predicted molar refractivity (Wildman–Crippen MR) is 107 cm³/mol. The molecular formula is C21H22FN5O2. The van der Waals surface area contributed by atoms with Gasteiger partial charge in [-0.25, -0.2) is 9.07 Å². The summed E-state index contributed by atoms with van der Waals surface area (Å²) < 4.78 is 14.3. The molecule has 3 rings (SSSR count). The summed E-state index contributed by atoms with van der Waals surface area (Å²) in [6.07, 6.45) is 0. The van der Waals surface area contributed by atoms with Crippen LogP contribution in [0, 0.1) is 26.6 Å². The second kappa shape index (κ2) is 8.64. The molecule has 1 heterocycles. The first-order chi connectivity index (χ1) is 13.8. The number of aryl methyl sites for hydroxylation is 2. The molecule has 0 spiro atoms. The second-order valence-corrected chi connectivity index (χ2v) is 6.81. The van der Waals surface area contributed by atoms with Crippen LogP contribution in [0.5, 0.6) is 0 Å². The molecule has 0 bridgehead atoms. The molecule has 3 aromatic rings. The minimum atomic E-state index is -0.377. The Balaban J connectivity index is 1.63. The number of amides is 2. The summed E-state index contributed by atoms with van der Waals surface area (Å²) in [5.41, 5.74) is 4.07. The quantitative estimate of drug-likeness (QED) is 0.672. The molecule has 0 radical (unpaired) electrons. The maximum Gasteiger partial charge on any atom is 0.278 e. The number of rotatable bonds is 6. The van der Waals surface area contributed by atoms with E-state index in [1.807, 2.05) is 32.0 Å². The summed E-state index contributed by atoms with van der Waals surface area (Å²) in [7, 11) is 0. The maximum atomic E-state index is 12.9. The van der Waals surface area contributed by atoms with Gasteiger partial charge in [0.05, 0.1) is 5.69 Å². The zero-order valence-electron chi connectivity index (χ0n) is 16.5. The van der Waals surface area contributed by atoms with E-state index in [0.29, 0.717) is 5.69 Å². The number of halogens is 1. The van der Waals surface area contributed by atoms with Crippen molar-refractivity contribution >= 4 is 17.5 Å². The number of nitrogens with zero attached hydrogens (tertiary/aromatic N) is 3. The van der Waals surface area contributed by atoms with Gasteiger partial charge in [0, 0.05) is 12.2 Å². The van der Waals surface area contributed by atoms with Gasteiger partial charge >= 0.3 is 0 Å². The Kier molecular flexibility index (Phi) is 6.01. The lowest BCUT2D eigenvalue weighted by Crippen LogP contribution is -2.28. The molecule has 0 saturated heterocycles. The van der Waals surface area contributed by atoms with Crippen LogP contribution in [0.15, 0.2) is 42.5 Å². The molecule has 0 aliphatic heterocycles. The van der Waals surface area contributed by atoms with E-state index in [4.69, 9.17) is 0 Å². The molecule has 2 amide bonds. The van der Waals surface area contributed by atoms with E-state index in [9.17, 15) is 14.0 Å². The van der Waals surface area contributed by atoms with Gasteiger partial charge in [0.25, 0.3) is 5.91 Å². The molecule has 29 heavy (non-hydrogen) atoms. The largest absolute Gasteiger partial charge is 0.350 e. The van der Waals surface area contributed by atoms with Crippen molar-refractivity contribution in [1.29, 1.82) is 0 Å². The molecule has 0 atom stereocenters. The number of hydrogen-bond acceptors (Lipinski definition) is 4. The van der Waals surface area contributed by atoms with Crippen molar-refractivity contribution in [1.82, 2.24) is 20.3 Å². The van der Waals surface area contributed by atoms with E-state index >= 15 is 0 Å². The Labute approximate surface area is 167 Å². The third-order valence-electron chi connectivity index (χ3n) is 4.61. The molecular weight excluding hydrogens is 373 g/mol. The number of carbonyl (C=O) groups excluding carboxylic acids is 2. The molecule has 2 aromatic carbocycles. The highest BCUT2D eigenvalue weighted by atomic mass is 19.1. The highest BCUT2D eigenvalue weighted by Crippen LogP contribution is 2.20. The number of benzene rings is 2. The Morgan fingerprint density at radius 3 is 2.34 bits per heavy atom. The number of anilines is 1. The summed E-state index contributed by atoms with van der Waals surface area (Å²) in [4.78, 5) is 24.8. The van der Waals surface area contributed by atoms with Gasteiger partial charge in [0.2, 0.25) is 5.91 Å². The number of para-hydroxylation sites is 1.